The molecule has 98 valence electrons. The summed E-state index contributed by atoms with van der Waals surface area (Å²) in [6, 6.07) is 2.24. The second-order valence-electron chi connectivity index (χ2n) is 3.41. The zero-order chi connectivity index (χ0) is 14.0. The number of carbonyl (C=O) groups is 2. The van der Waals surface area contributed by atoms with Crippen LogP contribution in [0.15, 0.2) is 27.3 Å². The SMILES string of the molecule is NC(=O)c1cscc1NC(=O)c1ccc([N+](=O)[O-])o1. The van der Waals surface area contributed by atoms with Crippen molar-refractivity contribution in [2.75, 3.05) is 5.32 Å². The van der Waals surface area contributed by atoms with Crippen molar-refractivity contribution in [2.24, 2.45) is 5.73 Å². The Morgan fingerprint density at radius 2 is 2.11 bits per heavy atom. The predicted molar refractivity (Wildman–Crippen MR) is 66.2 cm³/mol. The Balaban J connectivity index is 2.18. The second-order valence-corrected chi connectivity index (χ2v) is 4.16. The number of nitrogens with one attached hydrogen (secondary N) is 1. The number of nitrogens with two attached hydrogens (primary N) is 1. The Kier molecular flexibility index (Phi) is 3.29. The first-order valence-corrected chi connectivity index (χ1v) is 5.85. The molecule has 2 aromatic rings. The molecule has 0 spiro atoms. The molecular weight excluding hydrogens is 274 g/mol. The van der Waals surface area contributed by atoms with Crippen LogP contribution in [-0.2, 0) is 0 Å². The summed E-state index contributed by atoms with van der Waals surface area (Å²) >= 11 is 1.19. The molecule has 0 saturated heterocycles. The van der Waals surface area contributed by atoms with E-state index in [1.165, 1.54) is 28.2 Å². The lowest BCUT2D eigenvalue weighted by Crippen LogP contribution is -2.16. The quantitative estimate of drug-likeness (QED) is 0.649. The first kappa shape index (κ1) is 12.8. The Morgan fingerprint density at radius 3 is 2.68 bits per heavy atom. The second kappa shape index (κ2) is 4.90. The largest absolute Gasteiger partial charge is 0.433 e. The van der Waals surface area contributed by atoms with Gasteiger partial charge in [0.05, 0.1) is 17.3 Å². The highest BCUT2D eigenvalue weighted by Gasteiger charge is 2.19. The minimum absolute atomic E-state index is 0.166. The van der Waals surface area contributed by atoms with Gasteiger partial charge in [-0.25, -0.2) is 0 Å². The van der Waals surface area contributed by atoms with E-state index in [1.54, 1.807) is 0 Å². The van der Waals surface area contributed by atoms with Gasteiger partial charge in [0, 0.05) is 10.8 Å². The molecule has 0 atom stereocenters. The Hall–Kier alpha value is -2.68. The molecule has 9 heteroatoms. The van der Waals surface area contributed by atoms with E-state index in [0.717, 1.165) is 6.07 Å². The molecule has 0 bridgehead atoms. The van der Waals surface area contributed by atoms with Crippen LogP contribution < -0.4 is 11.1 Å². The molecular formula is C10H7N3O5S. The number of nitro groups is 1. The number of anilines is 1. The number of hydrogen-bond donors (Lipinski definition) is 2. The molecule has 0 radical (unpaired) electrons. The molecule has 2 heterocycles. The summed E-state index contributed by atoms with van der Waals surface area (Å²) in [6.45, 7) is 0. The smallest absolute Gasteiger partial charge is 0.395 e. The molecule has 0 unspecified atom stereocenters. The maximum absolute atomic E-state index is 11.7. The van der Waals surface area contributed by atoms with Crippen LogP contribution in [0.1, 0.15) is 20.9 Å². The first-order valence-electron chi connectivity index (χ1n) is 4.90. The summed E-state index contributed by atoms with van der Waals surface area (Å²) in [5.74, 6) is -2.14. The van der Waals surface area contributed by atoms with Crippen LogP contribution in [0, 0.1) is 10.1 Å². The maximum atomic E-state index is 11.7. The average molecular weight is 281 g/mol. The monoisotopic (exact) mass is 281 g/mol. The number of amides is 2. The van der Waals surface area contributed by atoms with Crippen molar-refractivity contribution in [1.82, 2.24) is 0 Å². The van der Waals surface area contributed by atoms with Crippen LogP contribution in [0.4, 0.5) is 11.6 Å². The van der Waals surface area contributed by atoms with Gasteiger partial charge in [-0.1, -0.05) is 0 Å². The number of rotatable bonds is 4. The summed E-state index contributed by atoms with van der Waals surface area (Å²) in [6.07, 6.45) is 0. The number of primary amides is 1. The number of nitrogens with zero attached hydrogens (tertiary/aromatic N) is 1. The van der Waals surface area contributed by atoms with E-state index in [9.17, 15) is 19.7 Å². The van der Waals surface area contributed by atoms with Crippen LogP contribution in [0.5, 0.6) is 0 Å². The van der Waals surface area contributed by atoms with Gasteiger partial charge >= 0.3 is 5.88 Å². The van der Waals surface area contributed by atoms with E-state index in [1.807, 2.05) is 0 Å². The standard InChI is InChI=1S/C10H7N3O5S/c11-9(14)5-3-19-4-6(5)12-10(15)7-1-2-8(18-7)13(16)17/h1-4H,(H2,11,14)(H,12,15). The number of furan rings is 1. The highest BCUT2D eigenvalue weighted by Crippen LogP contribution is 2.22. The molecule has 19 heavy (non-hydrogen) atoms. The fraction of sp³-hybridized carbons (Fsp3) is 0. The van der Waals surface area contributed by atoms with Gasteiger partial charge in [0.1, 0.15) is 4.92 Å². The first-order chi connectivity index (χ1) is 8.99. The van der Waals surface area contributed by atoms with Crippen molar-refractivity contribution in [2.45, 2.75) is 0 Å². The molecule has 0 aromatic carbocycles. The van der Waals surface area contributed by atoms with Gasteiger partial charge in [-0.05, 0) is 6.07 Å². The van der Waals surface area contributed by atoms with Gasteiger partial charge in [-0.3, -0.25) is 19.7 Å². The maximum Gasteiger partial charge on any atom is 0.433 e. The minimum Gasteiger partial charge on any atom is -0.395 e. The molecule has 0 aliphatic heterocycles. The van der Waals surface area contributed by atoms with Gasteiger partial charge in [0.25, 0.3) is 11.8 Å². The Labute approximate surface area is 110 Å². The number of carbonyl (C=O) groups excluding carboxylic acids is 2. The summed E-state index contributed by atoms with van der Waals surface area (Å²) < 4.78 is 4.73. The van der Waals surface area contributed by atoms with Crippen molar-refractivity contribution < 1.29 is 18.9 Å². The van der Waals surface area contributed by atoms with Crippen molar-refractivity contribution in [3.8, 4) is 0 Å². The Morgan fingerprint density at radius 1 is 1.37 bits per heavy atom. The lowest BCUT2D eigenvalue weighted by Gasteiger charge is -2.01. The lowest BCUT2D eigenvalue weighted by atomic mass is 10.2. The zero-order valence-electron chi connectivity index (χ0n) is 9.28. The highest BCUT2D eigenvalue weighted by molar-refractivity contribution is 7.08. The van der Waals surface area contributed by atoms with Crippen molar-refractivity contribution in [1.29, 1.82) is 0 Å². The van der Waals surface area contributed by atoms with Gasteiger partial charge in [0.2, 0.25) is 0 Å². The van der Waals surface area contributed by atoms with Crippen LogP contribution in [-0.4, -0.2) is 16.7 Å². The molecule has 0 aliphatic rings. The van der Waals surface area contributed by atoms with E-state index < -0.39 is 22.6 Å². The van der Waals surface area contributed by atoms with Gasteiger partial charge < -0.3 is 15.5 Å². The molecule has 2 aromatic heterocycles. The van der Waals surface area contributed by atoms with E-state index in [2.05, 4.69) is 5.32 Å². The van der Waals surface area contributed by atoms with Crippen molar-refractivity contribution in [3.63, 3.8) is 0 Å². The minimum atomic E-state index is -0.754. The lowest BCUT2D eigenvalue weighted by molar-refractivity contribution is -0.402. The van der Waals surface area contributed by atoms with Crippen LogP contribution in [0.25, 0.3) is 0 Å². The van der Waals surface area contributed by atoms with Gasteiger partial charge in [0.15, 0.2) is 5.76 Å². The van der Waals surface area contributed by atoms with E-state index in [0.29, 0.717) is 0 Å². The number of thiophene rings is 1. The predicted octanol–water partition coefficient (Wildman–Crippen LogP) is 1.60. The van der Waals surface area contributed by atoms with E-state index in [-0.39, 0.29) is 17.0 Å². The summed E-state index contributed by atoms with van der Waals surface area (Å²) in [5, 5.41) is 15.8. The molecule has 0 fully saturated rings. The zero-order valence-corrected chi connectivity index (χ0v) is 10.1. The van der Waals surface area contributed by atoms with E-state index in [4.69, 9.17) is 10.2 Å². The normalized spacial score (nSPS) is 10.1. The van der Waals surface area contributed by atoms with Crippen LogP contribution >= 0.6 is 11.3 Å². The molecule has 2 rings (SSSR count). The third kappa shape index (κ3) is 2.60. The van der Waals surface area contributed by atoms with Crippen LogP contribution in [0.2, 0.25) is 0 Å². The fourth-order valence-electron chi connectivity index (χ4n) is 1.32. The average Bonchev–Trinajstić information content (AvgIpc) is 2.96. The van der Waals surface area contributed by atoms with Crippen molar-refractivity contribution >= 4 is 34.7 Å². The molecule has 0 saturated carbocycles. The fourth-order valence-corrected chi connectivity index (χ4v) is 2.09. The van der Waals surface area contributed by atoms with Crippen molar-refractivity contribution in [3.05, 3.63) is 44.3 Å². The number of hydrogen-bond acceptors (Lipinski definition) is 6. The van der Waals surface area contributed by atoms with Gasteiger partial charge in [-0.15, -0.1) is 11.3 Å². The third-order valence-electron chi connectivity index (χ3n) is 2.17. The molecule has 0 aliphatic carbocycles. The highest BCUT2D eigenvalue weighted by atomic mass is 32.1. The Bertz CT molecular complexity index is 660. The molecule has 8 nitrogen and oxygen atoms in total. The topological polar surface area (TPSA) is 128 Å². The van der Waals surface area contributed by atoms with Crippen LogP contribution in [0.3, 0.4) is 0 Å². The summed E-state index contributed by atoms with van der Waals surface area (Å²) in [7, 11) is 0. The van der Waals surface area contributed by atoms with E-state index >= 15 is 0 Å². The summed E-state index contributed by atoms with van der Waals surface area (Å²) in [5.41, 5.74) is 5.52. The molecule has 2 amide bonds. The van der Waals surface area contributed by atoms with Gasteiger partial charge in [-0.2, -0.15) is 0 Å². The molecule has 3 N–H and O–H groups in total. The summed E-state index contributed by atoms with van der Waals surface area (Å²) in [4.78, 5) is 32.5. The third-order valence-corrected chi connectivity index (χ3v) is 2.91.